The van der Waals surface area contributed by atoms with E-state index < -0.39 is 51.1 Å². The summed E-state index contributed by atoms with van der Waals surface area (Å²) in [5.41, 5.74) is 5.34. The molecule has 1 fully saturated rings. The van der Waals surface area contributed by atoms with Gasteiger partial charge in [0, 0.05) is 12.8 Å². The van der Waals surface area contributed by atoms with Crippen LogP contribution in [0.5, 0.6) is 0 Å². The molecule has 0 aromatic carbocycles. The van der Waals surface area contributed by atoms with Crippen LogP contribution >= 0.6 is 7.82 Å². The normalized spacial score (nSPS) is 17.4. The van der Waals surface area contributed by atoms with Gasteiger partial charge in [-0.25, -0.2) is 4.57 Å². The smallest absolute Gasteiger partial charge is 0.472 e. The second-order valence-electron chi connectivity index (χ2n) is 16.3. The van der Waals surface area contributed by atoms with E-state index in [0.717, 1.165) is 44.9 Å². The lowest BCUT2D eigenvalue weighted by Gasteiger charge is -2.20. The first-order chi connectivity index (χ1) is 29.6. The summed E-state index contributed by atoms with van der Waals surface area (Å²) in [5, 5.41) is 8.91. The molecule has 0 radical (unpaired) electrons. The van der Waals surface area contributed by atoms with E-state index in [9.17, 15) is 23.8 Å². The molecular weight excluding hydrogens is 797 g/mol. The number of aliphatic carboxylic acids is 1. The van der Waals surface area contributed by atoms with E-state index in [2.05, 4.69) is 60.9 Å². The Morgan fingerprint density at radius 3 is 1.64 bits per heavy atom. The van der Waals surface area contributed by atoms with E-state index in [1.165, 1.54) is 103 Å². The van der Waals surface area contributed by atoms with Crippen molar-refractivity contribution in [2.75, 3.05) is 19.8 Å². The number of allylic oxidation sites excluding steroid dienone is 6. The number of rotatable bonds is 43. The summed E-state index contributed by atoms with van der Waals surface area (Å²) in [6.07, 6.45) is 46.3. The van der Waals surface area contributed by atoms with Crippen molar-refractivity contribution in [1.29, 1.82) is 0 Å². The first-order valence-corrected chi connectivity index (χ1v) is 25.3. The van der Waals surface area contributed by atoms with Crippen molar-refractivity contribution in [3.63, 3.8) is 0 Å². The summed E-state index contributed by atoms with van der Waals surface area (Å²) < 4.78 is 38.5. The number of epoxide rings is 1. The minimum Gasteiger partial charge on any atom is -0.480 e. The molecule has 0 aromatic heterocycles. The highest BCUT2D eigenvalue weighted by molar-refractivity contribution is 7.47. The van der Waals surface area contributed by atoms with Gasteiger partial charge in [0.2, 0.25) is 0 Å². The van der Waals surface area contributed by atoms with Gasteiger partial charge in [-0.2, -0.15) is 0 Å². The van der Waals surface area contributed by atoms with Gasteiger partial charge in [0.05, 0.1) is 25.4 Å². The van der Waals surface area contributed by atoms with Gasteiger partial charge in [0.25, 0.3) is 0 Å². The molecule has 1 saturated heterocycles. The number of hydrogen-bond donors (Lipinski definition) is 3. The fraction of sp³-hybridized carbons (Fsp3) is 0.771. The quantitative estimate of drug-likeness (QED) is 0.0173. The fourth-order valence-corrected chi connectivity index (χ4v) is 7.34. The highest BCUT2D eigenvalue weighted by Gasteiger charge is 2.36. The zero-order chi connectivity index (χ0) is 44.7. The predicted octanol–water partition coefficient (Wildman–Crippen LogP) is 11.9. The lowest BCUT2D eigenvalue weighted by Crippen LogP contribution is -2.34. The first-order valence-electron chi connectivity index (χ1n) is 23.8. The maximum Gasteiger partial charge on any atom is 0.472 e. The molecule has 1 rings (SSSR count). The van der Waals surface area contributed by atoms with Crippen molar-refractivity contribution in [3.05, 3.63) is 48.6 Å². The largest absolute Gasteiger partial charge is 0.480 e. The van der Waals surface area contributed by atoms with Crippen LogP contribution in [-0.4, -0.2) is 72.1 Å². The summed E-state index contributed by atoms with van der Waals surface area (Å²) in [6.45, 7) is 2.71. The van der Waals surface area contributed by atoms with Gasteiger partial charge in [0.15, 0.2) is 6.10 Å². The van der Waals surface area contributed by atoms with Crippen LogP contribution in [0.1, 0.15) is 194 Å². The number of nitrogens with two attached hydrogens (primary N) is 1. The molecule has 5 atom stereocenters. The predicted molar refractivity (Wildman–Crippen MR) is 244 cm³/mol. The Kier molecular flexibility index (Phi) is 36.1. The monoisotopic (exact) mass is 882 g/mol. The summed E-state index contributed by atoms with van der Waals surface area (Å²) in [7, 11) is -4.74. The molecule has 13 heteroatoms. The van der Waals surface area contributed by atoms with Crippen LogP contribution in [0.2, 0.25) is 0 Å². The van der Waals surface area contributed by atoms with Gasteiger partial charge in [-0.15, -0.1) is 0 Å². The Morgan fingerprint density at radius 1 is 0.590 bits per heavy atom. The molecule has 1 aliphatic heterocycles. The van der Waals surface area contributed by atoms with Gasteiger partial charge in [-0.1, -0.05) is 152 Å². The molecule has 0 bridgehead atoms. The van der Waals surface area contributed by atoms with Gasteiger partial charge < -0.3 is 29.9 Å². The number of carboxylic acid groups (broad SMARTS) is 1. The Balaban J connectivity index is 2.29. The van der Waals surface area contributed by atoms with Crippen molar-refractivity contribution in [1.82, 2.24) is 0 Å². The number of hydrogen-bond acceptors (Lipinski definition) is 10. The number of esters is 2. The third-order valence-electron chi connectivity index (χ3n) is 10.5. The molecule has 0 saturated carbocycles. The molecule has 0 spiro atoms. The summed E-state index contributed by atoms with van der Waals surface area (Å²) in [5.74, 6) is -2.46. The van der Waals surface area contributed by atoms with Gasteiger partial charge in [0.1, 0.15) is 12.6 Å². The van der Waals surface area contributed by atoms with Crippen molar-refractivity contribution in [3.8, 4) is 0 Å². The highest BCUT2D eigenvalue weighted by Crippen LogP contribution is 2.43. The third kappa shape index (κ3) is 36.6. The average molecular weight is 882 g/mol. The molecule has 352 valence electrons. The van der Waals surface area contributed by atoms with Crippen LogP contribution in [-0.2, 0) is 42.2 Å². The molecule has 1 aliphatic rings. The van der Waals surface area contributed by atoms with Crippen LogP contribution in [0.3, 0.4) is 0 Å². The topological polar surface area (TPSA) is 184 Å². The second kappa shape index (κ2) is 39.0. The van der Waals surface area contributed by atoms with Gasteiger partial charge >= 0.3 is 25.7 Å². The maximum absolute atomic E-state index is 12.7. The lowest BCUT2D eigenvalue weighted by molar-refractivity contribution is -0.161. The zero-order valence-corrected chi connectivity index (χ0v) is 38.8. The first kappa shape index (κ1) is 56.4. The molecule has 61 heavy (non-hydrogen) atoms. The molecule has 3 unspecified atom stereocenters. The Bertz CT molecular complexity index is 1290. The van der Waals surface area contributed by atoms with Crippen LogP contribution in [0.15, 0.2) is 48.6 Å². The van der Waals surface area contributed by atoms with E-state index in [1.54, 1.807) is 0 Å². The number of phosphoric acid groups is 1. The molecule has 1 heterocycles. The SMILES string of the molecule is CCCCC/C=C\C/C=C\CC1OC1C/C=C\CCCC(=O)OC[C@H](COP(=O)(O)OC[C@H](N)C(=O)O)OC(=O)CCCCCCCCCCC/C=C\CCCCCCCC. The number of unbranched alkanes of at least 4 members (excludes halogenated alkanes) is 19. The molecule has 0 amide bonds. The van der Waals surface area contributed by atoms with E-state index in [0.29, 0.717) is 19.3 Å². The molecule has 4 N–H and O–H groups in total. The number of carboxylic acids is 1. The number of ether oxygens (including phenoxy) is 3. The Hall–Kier alpha value is -2.60. The Morgan fingerprint density at radius 2 is 1.03 bits per heavy atom. The van der Waals surface area contributed by atoms with Gasteiger partial charge in [-0.05, 0) is 77.0 Å². The van der Waals surface area contributed by atoms with E-state index in [-0.39, 0.29) is 31.7 Å². The number of carbonyl (C=O) groups excluding carboxylic acids is 2. The molecule has 12 nitrogen and oxygen atoms in total. The minimum atomic E-state index is -4.74. The lowest BCUT2D eigenvalue weighted by atomic mass is 10.1. The van der Waals surface area contributed by atoms with Crippen molar-refractivity contribution in [2.45, 2.75) is 218 Å². The van der Waals surface area contributed by atoms with Crippen LogP contribution in [0.25, 0.3) is 0 Å². The average Bonchev–Trinajstić information content (AvgIpc) is 4.00. The fourth-order valence-electron chi connectivity index (χ4n) is 6.56. The third-order valence-corrected chi connectivity index (χ3v) is 11.4. The van der Waals surface area contributed by atoms with E-state index in [1.807, 2.05) is 6.08 Å². The van der Waals surface area contributed by atoms with Crippen LogP contribution in [0.4, 0.5) is 0 Å². The van der Waals surface area contributed by atoms with Crippen molar-refractivity contribution < 1.29 is 52.2 Å². The highest BCUT2D eigenvalue weighted by atomic mass is 31.2. The van der Waals surface area contributed by atoms with E-state index in [4.69, 9.17) is 29.6 Å². The number of carbonyl (C=O) groups is 3. The molecule has 0 aromatic rings. The number of phosphoric ester groups is 1. The minimum absolute atomic E-state index is 0.137. The van der Waals surface area contributed by atoms with Gasteiger partial charge in [-0.3, -0.25) is 23.4 Å². The van der Waals surface area contributed by atoms with Crippen molar-refractivity contribution >= 4 is 25.7 Å². The van der Waals surface area contributed by atoms with E-state index >= 15 is 0 Å². The standard InChI is InChI=1S/C48H84NO11P/c1-3-5-7-9-11-13-14-15-16-17-18-19-20-21-22-24-26-28-34-38-47(51)59-42(40-57-61(54,55)58-41-43(49)48(52)53)39-56-46(50)37-33-30-29-32-36-45-44(60-45)35-31-27-25-23-12-10-8-6-4-2/h12,15-16,23,27,29,31-32,42-45H,3-11,13-14,17-22,24-26,28,30,33-41,49H2,1-2H3,(H,52,53)(H,54,55)/b16-15-,23-12-,31-27-,32-29-/t42-,43+,44?,45?/m1/s1. The second-order valence-corrected chi connectivity index (χ2v) is 17.7. The molecule has 0 aliphatic carbocycles. The molecular formula is C48H84NO11P. The van der Waals surface area contributed by atoms with Crippen LogP contribution in [0, 0.1) is 0 Å². The van der Waals surface area contributed by atoms with Crippen molar-refractivity contribution in [2.24, 2.45) is 5.73 Å². The summed E-state index contributed by atoms with van der Waals surface area (Å²) >= 11 is 0. The Labute approximate surface area is 369 Å². The maximum atomic E-state index is 12.7. The van der Waals surface area contributed by atoms with Crippen LogP contribution < -0.4 is 5.73 Å². The zero-order valence-electron chi connectivity index (χ0n) is 37.9. The summed E-state index contributed by atoms with van der Waals surface area (Å²) in [6, 6.07) is -1.53. The summed E-state index contributed by atoms with van der Waals surface area (Å²) in [4.78, 5) is 46.1.